The lowest BCUT2D eigenvalue weighted by Gasteiger charge is -2.25. The molecule has 186 valence electrons. The number of aromatic nitrogens is 1. The first-order valence-electron chi connectivity index (χ1n) is 9.95. The standard InChI is InChI=1S/C23H17ClF7N3O/c24-21-19(18(5-6-33-21)14-1-3-17(25)4-2-14)12-34(20(35)10-32)11-13-7-15(22(26,27)28)9-16(8-13)23(29,30)31/h1-9H,10-12,32H2. The molecule has 0 saturated heterocycles. The van der Waals surface area contributed by atoms with Crippen molar-refractivity contribution in [3.63, 3.8) is 0 Å². The van der Waals surface area contributed by atoms with Crippen LogP contribution in [0.4, 0.5) is 30.7 Å². The predicted molar refractivity (Wildman–Crippen MR) is 114 cm³/mol. The first-order valence-corrected chi connectivity index (χ1v) is 10.3. The quantitative estimate of drug-likeness (QED) is 0.318. The third kappa shape index (κ3) is 6.49. The Morgan fingerprint density at radius 2 is 1.49 bits per heavy atom. The predicted octanol–water partition coefficient (Wildman–Crippen LogP) is 6.07. The molecule has 3 aromatic rings. The van der Waals surface area contributed by atoms with Gasteiger partial charge in [0.1, 0.15) is 11.0 Å². The van der Waals surface area contributed by atoms with E-state index in [0.717, 1.165) is 4.90 Å². The molecule has 12 heteroatoms. The van der Waals surface area contributed by atoms with E-state index in [1.165, 1.54) is 36.5 Å². The van der Waals surface area contributed by atoms with E-state index in [0.29, 0.717) is 23.3 Å². The van der Waals surface area contributed by atoms with E-state index in [9.17, 15) is 35.5 Å². The number of carbonyl (C=O) groups is 1. The normalized spacial score (nSPS) is 12.0. The lowest BCUT2D eigenvalue weighted by molar-refractivity contribution is -0.143. The molecular formula is C23H17ClF7N3O. The lowest BCUT2D eigenvalue weighted by Crippen LogP contribution is -2.35. The molecule has 0 radical (unpaired) electrons. The molecule has 0 aliphatic heterocycles. The van der Waals surface area contributed by atoms with Crippen molar-refractivity contribution in [3.8, 4) is 11.1 Å². The minimum atomic E-state index is -5.04. The van der Waals surface area contributed by atoms with Gasteiger partial charge >= 0.3 is 12.4 Å². The van der Waals surface area contributed by atoms with Gasteiger partial charge in [-0.2, -0.15) is 26.3 Å². The number of halogens is 8. The van der Waals surface area contributed by atoms with Gasteiger partial charge in [-0.3, -0.25) is 4.79 Å². The average Bonchev–Trinajstić information content (AvgIpc) is 2.78. The minimum Gasteiger partial charge on any atom is -0.333 e. The Bertz CT molecular complexity index is 1180. The molecule has 0 aliphatic carbocycles. The second-order valence-electron chi connectivity index (χ2n) is 7.50. The molecule has 0 aliphatic rings. The summed E-state index contributed by atoms with van der Waals surface area (Å²) in [6, 6.07) is 7.89. The van der Waals surface area contributed by atoms with Gasteiger partial charge in [0.25, 0.3) is 0 Å². The van der Waals surface area contributed by atoms with Crippen LogP contribution < -0.4 is 5.73 Å². The summed E-state index contributed by atoms with van der Waals surface area (Å²) in [7, 11) is 0. The van der Waals surface area contributed by atoms with Gasteiger partial charge in [-0.1, -0.05) is 23.7 Å². The highest BCUT2D eigenvalue weighted by atomic mass is 35.5. The maximum atomic E-state index is 13.4. The molecule has 35 heavy (non-hydrogen) atoms. The molecule has 0 bridgehead atoms. The van der Waals surface area contributed by atoms with Crippen LogP contribution in [0.5, 0.6) is 0 Å². The zero-order valence-electron chi connectivity index (χ0n) is 17.7. The van der Waals surface area contributed by atoms with Crippen LogP contribution in [0.15, 0.2) is 54.7 Å². The van der Waals surface area contributed by atoms with Gasteiger partial charge in [0.15, 0.2) is 0 Å². The molecule has 0 unspecified atom stereocenters. The summed E-state index contributed by atoms with van der Waals surface area (Å²) < 4.78 is 92.8. The molecule has 1 aromatic heterocycles. The highest BCUT2D eigenvalue weighted by Crippen LogP contribution is 2.37. The maximum absolute atomic E-state index is 13.4. The molecule has 1 heterocycles. The van der Waals surface area contributed by atoms with Crippen LogP contribution in [0.2, 0.25) is 5.15 Å². The van der Waals surface area contributed by atoms with Gasteiger partial charge in [0, 0.05) is 24.8 Å². The van der Waals surface area contributed by atoms with Gasteiger partial charge < -0.3 is 10.6 Å². The number of rotatable bonds is 6. The van der Waals surface area contributed by atoms with Gasteiger partial charge in [-0.25, -0.2) is 9.37 Å². The Balaban J connectivity index is 2.04. The molecule has 2 aromatic carbocycles. The van der Waals surface area contributed by atoms with Crippen LogP contribution in [-0.4, -0.2) is 22.3 Å². The number of nitrogens with two attached hydrogens (primary N) is 1. The van der Waals surface area contributed by atoms with Crippen molar-refractivity contribution in [1.29, 1.82) is 0 Å². The number of carbonyl (C=O) groups excluding carboxylic acids is 1. The summed E-state index contributed by atoms with van der Waals surface area (Å²) in [5.74, 6) is -1.25. The van der Waals surface area contributed by atoms with Crippen LogP contribution in [0.3, 0.4) is 0 Å². The topological polar surface area (TPSA) is 59.2 Å². The Hall–Kier alpha value is -3.18. The van der Waals surface area contributed by atoms with Crippen molar-refractivity contribution >= 4 is 17.5 Å². The van der Waals surface area contributed by atoms with Crippen LogP contribution in [-0.2, 0) is 30.2 Å². The van der Waals surface area contributed by atoms with Gasteiger partial charge in [-0.15, -0.1) is 0 Å². The van der Waals surface area contributed by atoms with Crippen molar-refractivity contribution in [2.75, 3.05) is 6.54 Å². The monoisotopic (exact) mass is 519 g/mol. The van der Waals surface area contributed by atoms with E-state index in [4.69, 9.17) is 17.3 Å². The van der Waals surface area contributed by atoms with E-state index in [1.54, 1.807) is 0 Å². The summed E-state index contributed by atoms with van der Waals surface area (Å²) in [6.07, 6.45) is -8.72. The molecule has 1 amide bonds. The first-order chi connectivity index (χ1) is 16.3. The van der Waals surface area contributed by atoms with E-state index in [1.807, 2.05) is 0 Å². The molecule has 0 spiro atoms. The Labute approximate surface area is 200 Å². The molecule has 0 atom stereocenters. The number of alkyl halides is 6. The molecule has 4 nitrogen and oxygen atoms in total. The van der Waals surface area contributed by atoms with Crippen LogP contribution in [0.25, 0.3) is 11.1 Å². The third-order valence-corrected chi connectivity index (χ3v) is 5.38. The van der Waals surface area contributed by atoms with Crippen LogP contribution in [0.1, 0.15) is 22.3 Å². The second kappa shape index (κ2) is 10.2. The Morgan fingerprint density at radius 1 is 0.914 bits per heavy atom. The summed E-state index contributed by atoms with van der Waals surface area (Å²) in [5, 5.41) is -0.0540. The molecule has 2 N–H and O–H groups in total. The summed E-state index contributed by atoms with van der Waals surface area (Å²) in [6.45, 7) is -1.50. The summed E-state index contributed by atoms with van der Waals surface area (Å²) in [4.78, 5) is 17.5. The van der Waals surface area contributed by atoms with Crippen molar-refractivity contribution in [2.45, 2.75) is 25.4 Å². The zero-order valence-corrected chi connectivity index (χ0v) is 18.5. The first kappa shape index (κ1) is 26.4. The smallest absolute Gasteiger partial charge is 0.333 e. The fourth-order valence-electron chi connectivity index (χ4n) is 3.40. The molecular weight excluding hydrogens is 503 g/mol. The highest BCUT2D eigenvalue weighted by Gasteiger charge is 2.37. The van der Waals surface area contributed by atoms with Crippen LogP contribution >= 0.6 is 11.6 Å². The van der Waals surface area contributed by atoms with Crippen molar-refractivity contribution in [3.05, 3.63) is 88.0 Å². The van der Waals surface area contributed by atoms with Crippen molar-refractivity contribution in [1.82, 2.24) is 9.88 Å². The molecule has 0 saturated carbocycles. The van der Waals surface area contributed by atoms with Crippen LogP contribution in [0, 0.1) is 5.82 Å². The largest absolute Gasteiger partial charge is 0.416 e. The molecule has 3 rings (SSSR count). The highest BCUT2D eigenvalue weighted by molar-refractivity contribution is 6.30. The van der Waals surface area contributed by atoms with Gasteiger partial charge in [-0.05, 0) is 53.1 Å². The minimum absolute atomic E-state index is 0.00319. The van der Waals surface area contributed by atoms with E-state index in [2.05, 4.69) is 4.98 Å². The Kier molecular flexibility index (Phi) is 7.71. The second-order valence-corrected chi connectivity index (χ2v) is 7.86. The van der Waals surface area contributed by atoms with Gasteiger partial charge in [0.05, 0.1) is 17.7 Å². The van der Waals surface area contributed by atoms with Gasteiger partial charge in [0.2, 0.25) is 5.91 Å². The fraction of sp³-hybridized carbons (Fsp3) is 0.217. The number of benzene rings is 2. The maximum Gasteiger partial charge on any atom is 0.416 e. The lowest BCUT2D eigenvalue weighted by atomic mass is 10.0. The summed E-state index contributed by atoms with van der Waals surface area (Å²) in [5.41, 5.74) is 3.23. The zero-order chi connectivity index (χ0) is 26.0. The molecule has 0 fully saturated rings. The average molecular weight is 520 g/mol. The Morgan fingerprint density at radius 3 is 2.00 bits per heavy atom. The SMILES string of the molecule is NCC(=O)N(Cc1cc(C(F)(F)F)cc(C(F)(F)F)c1)Cc1c(-c2ccc(F)cc2)ccnc1Cl. The number of hydrogen-bond donors (Lipinski definition) is 1. The van der Waals surface area contributed by atoms with Crippen molar-refractivity contribution < 1.29 is 35.5 Å². The fourth-order valence-corrected chi connectivity index (χ4v) is 3.62. The summed E-state index contributed by atoms with van der Waals surface area (Å²) >= 11 is 6.22. The number of nitrogens with zero attached hydrogens (tertiary/aromatic N) is 2. The number of hydrogen-bond acceptors (Lipinski definition) is 3. The van der Waals surface area contributed by atoms with E-state index in [-0.39, 0.29) is 23.3 Å². The number of pyridine rings is 1. The number of amides is 1. The third-order valence-electron chi connectivity index (χ3n) is 5.06. The van der Waals surface area contributed by atoms with Crippen molar-refractivity contribution in [2.24, 2.45) is 5.73 Å². The van der Waals surface area contributed by atoms with E-state index >= 15 is 0 Å². The van der Waals surface area contributed by atoms with E-state index < -0.39 is 53.9 Å².